The molecule has 1 aromatic rings. The molecule has 1 aliphatic carbocycles. The van der Waals surface area contributed by atoms with E-state index in [1.807, 2.05) is 6.07 Å². The van der Waals surface area contributed by atoms with Crippen LogP contribution in [0.4, 0.5) is 0 Å². The summed E-state index contributed by atoms with van der Waals surface area (Å²) in [4.78, 5) is 0. The Morgan fingerprint density at radius 3 is 2.76 bits per heavy atom. The minimum Gasteiger partial charge on any atom is -0.486 e. The Balaban J connectivity index is 1.95. The predicted octanol–water partition coefficient (Wildman–Crippen LogP) is 4.07. The Bertz CT molecular complexity index is 452. The SMILES string of the molecule is CCCNC1CC(Oc2ccc(C)cc2Br)C1OCCC. The molecule has 118 valence electrons. The van der Waals surface area contributed by atoms with Crippen molar-refractivity contribution in [3.63, 3.8) is 0 Å². The quantitative estimate of drug-likeness (QED) is 0.762. The lowest BCUT2D eigenvalue weighted by Gasteiger charge is -2.44. The van der Waals surface area contributed by atoms with Gasteiger partial charge in [-0.3, -0.25) is 0 Å². The van der Waals surface area contributed by atoms with E-state index in [2.05, 4.69) is 54.2 Å². The molecule has 0 bridgehead atoms. The molecule has 0 heterocycles. The van der Waals surface area contributed by atoms with Gasteiger partial charge in [-0.15, -0.1) is 0 Å². The topological polar surface area (TPSA) is 30.5 Å². The third-order valence-electron chi connectivity index (χ3n) is 3.79. The minimum absolute atomic E-state index is 0.143. The molecule has 0 aromatic heterocycles. The molecule has 2 rings (SSSR count). The molecule has 4 heteroatoms. The van der Waals surface area contributed by atoms with Gasteiger partial charge in [-0.1, -0.05) is 19.9 Å². The van der Waals surface area contributed by atoms with Crippen LogP contribution in [0, 0.1) is 6.92 Å². The van der Waals surface area contributed by atoms with Gasteiger partial charge in [-0.2, -0.15) is 0 Å². The maximum absolute atomic E-state index is 6.14. The average Bonchev–Trinajstić information content (AvgIpc) is 2.44. The highest BCUT2D eigenvalue weighted by molar-refractivity contribution is 9.10. The molecule has 0 amide bonds. The Kier molecular flexibility index (Phi) is 6.52. The average molecular weight is 356 g/mol. The third kappa shape index (κ3) is 4.44. The van der Waals surface area contributed by atoms with Crippen molar-refractivity contribution in [3.8, 4) is 5.75 Å². The van der Waals surface area contributed by atoms with Gasteiger partial charge in [0.15, 0.2) is 0 Å². The summed E-state index contributed by atoms with van der Waals surface area (Å²) in [7, 11) is 0. The zero-order valence-corrected chi connectivity index (χ0v) is 14.8. The Labute approximate surface area is 136 Å². The van der Waals surface area contributed by atoms with E-state index in [0.29, 0.717) is 6.04 Å². The van der Waals surface area contributed by atoms with Crippen LogP contribution in [-0.2, 0) is 4.74 Å². The molecule has 3 nitrogen and oxygen atoms in total. The fourth-order valence-corrected chi connectivity index (χ4v) is 3.15. The molecule has 3 unspecified atom stereocenters. The highest BCUT2D eigenvalue weighted by atomic mass is 79.9. The fraction of sp³-hybridized carbons (Fsp3) is 0.647. The number of aryl methyl sites for hydroxylation is 1. The van der Waals surface area contributed by atoms with Gasteiger partial charge in [0.25, 0.3) is 0 Å². The van der Waals surface area contributed by atoms with Crippen molar-refractivity contribution in [1.29, 1.82) is 0 Å². The first kappa shape index (κ1) is 16.8. The van der Waals surface area contributed by atoms with Crippen molar-refractivity contribution in [3.05, 3.63) is 28.2 Å². The van der Waals surface area contributed by atoms with Crippen LogP contribution in [-0.4, -0.2) is 31.4 Å². The summed E-state index contributed by atoms with van der Waals surface area (Å²) in [6.07, 6.45) is 3.49. The van der Waals surface area contributed by atoms with Gasteiger partial charge >= 0.3 is 0 Å². The van der Waals surface area contributed by atoms with Crippen LogP contribution in [0.15, 0.2) is 22.7 Å². The molecule has 1 fully saturated rings. The highest BCUT2D eigenvalue weighted by Gasteiger charge is 2.43. The van der Waals surface area contributed by atoms with E-state index < -0.39 is 0 Å². The molecule has 0 aliphatic heterocycles. The Morgan fingerprint density at radius 1 is 1.29 bits per heavy atom. The summed E-state index contributed by atoms with van der Waals surface area (Å²) in [6, 6.07) is 6.62. The molecule has 21 heavy (non-hydrogen) atoms. The molecule has 1 aromatic carbocycles. The second kappa shape index (κ2) is 8.16. The molecule has 0 radical (unpaired) electrons. The number of hydrogen-bond donors (Lipinski definition) is 1. The molecule has 0 saturated heterocycles. The maximum atomic E-state index is 6.14. The van der Waals surface area contributed by atoms with Crippen LogP contribution >= 0.6 is 15.9 Å². The van der Waals surface area contributed by atoms with Gasteiger partial charge in [-0.25, -0.2) is 0 Å². The smallest absolute Gasteiger partial charge is 0.134 e. The van der Waals surface area contributed by atoms with Gasteiger partial charge in [0, 0.05) is 19.1 Å². The molecule has 1 saturated carbocycles. The maximum Gasteiger partial charge on any atom is 0.134 e. The highest BCUT2D eigenvalue weighted by Crippen LogP contribution is 2.33. The second-order valence-electron chi connectivity index (χ2n) is 5.72. The predicted molar refractivity (Wildman–Crippen MR) is 90.0 cm³/mol. The lowest BCUT2D eigenvalue weighted by Crippen LogP contribution is -2.61. The van der Waals surface area contributed by atoms with E-state index in [4.69, 9.17) is 9.47 Å². The molecule has 3 atom stereocenters. The molecule has 1 N–H and O–H groups in total. The fourth-order valence-electron chi connectivity index (χ4n) is 2.57. The van der Waals surface area contributed by atoms with Crippen molar-refractivity contribution in [2.24, 2.45) is 0 Å². The summed E-state index contributed by atoms with van der Waals surface area (Å²) in [6.45, 7) is 8.24. The zero-order chi connectivity index (χ0) is 15.2. The number of nitrogens with one attached hydrogen (secondary N) is 1. The van der Waals surface area contributed by atoms with Crippen LogP contribution in [0.3, 0.4) is 0 Å². The van der Waals surface area contributed by atoms with Gasteiger partial charge < -0.3 is 14.8 Å². The summed E-state index contributed by atoms with van der Waals surface area (Å²) in [5.74, 6) is 0.907. The van der Waals surface area contributed by atoms with E-state index in [1.54, 1.807) is 0 Å². The largest absolute Gasteiger partial charge is 0.486 e. The summed E-state index contributed by atoms with van der Waals surface area (Å²) >= 11 is 3.58. The van der Waals surface area contributed by atoms with Crippen LogP contribution < -0.4 is 10.1 Å². The number of halogens is 1. The van der Waals surface area contributed by atoms with Crippen molar-refractivity contribution in [2.45, 2.75) is 58.3 Å². The monoisotopic (exact) mass is 355 g/mol. The van der Waals surface area contributed by atoms with Crippen molar-refractivity contribution in [1.82, 2.24) is 5.32 Å². The normalized spacial score (nSPS) is 24.7. The van der Waals surface area contributed by atoms with Crippen LogP contribution in [0.2, 0.25) is 0 Å². The zero-order valence-electron chi connectivity index (χ0n) is 13.2. The number of ether oxygens (including phenoxy) is 2. The Morgan fingerprint density at radius 2 is 2.10 bits per heavy atom. The lowest BCUT2D eigenvalue weighted by atomic mass is 9.85. The van der Waals surface area contributed by atoms with E-state index >= 15 is 0 Å². The van der Waals surface area contributed by atoms with Crippen LogP contribution in [0.25, 0.3) is 0 Å². The standard InChI is InChI=1S/C17H26BrNO2/c1-4-8-19-14-11-16(17(14)20-9-5-2)21-15-7-6-12(3)10-13(15)18/h6-7,10,14,16-17,19H,4-5,8-9,11H2,1-3H3. The Hall–Kier alpha value is -0.580. The summed E-state index contributed by atoms with van der Waals surface area (Å²) in [5, 5.41) is 3.55. The first-order valence-electron chi connectivity index (χ1n) is 7.93. The van der Waals surface area contributed by atoms with E-state index in [0.717, 1.165) is 42.6 Å². The third-order valence-corrected chi connectivity index (χ3v) is 4.41. The van der Waals surface area contributed by atoms with Crippen LogP contribution in [0.5, 0.6) is 5.75 Å². The number of rotatable bonds is 8. The minimum atomic E-state index is 0.143. The molecular weight excluding hydrogens is 330 g/mol. The van der Waals surface area contributed by atoms with Gasteiger partial charge in [0.2, 0.25) is 0 Å². The lowest BCUT2D eigenvalue weighted by molar-refractivity contribution is -0.108. The van der Waals surface area contributed by atoms with E-state index in [-0.39, 0.29) is 12.2 Å². The summed E-state index contributed by atoms with van der Waals surface area (Å²) < 4.78 is 13.1. The number of benzene rings is 1. The van der Waals surface area contributed by atoms with Gasteiger partial charge in [-0.05, 0) is 59.9 Å². The van der Waals surface area contributed by atoms with Crippen molar-refractivity contribution in [2.75, 3.05) is 13.2 Å². The molecular formula is C17H26BrNO2. The van der Waals surface area contributed by atoms with Gasteiger partial charge in [0.1, 0.15) is 18.0 Å². The molecule has 1 aliphatic rings. The van der Waals surface area contributed by atoms with Gasteiger partial charge in [0.05, 0.1) is 4.47 Å². The first-order chi connectivity index (χ1) is 10.2. The second-order valence-corrected chi connectivity index (χ2v) is 6.58. The molecule has 0 spiro atoms. The summed E-state index contributed by atoms with van der Waals surface area (Å²) in [5.41, 5.74) is 1.23. The first-order valence-corrected chi connectivity index (χ1v) is 8.72. The van der Waals surface area contributed by atoms with Crippen LogP contribution in [0.1, 0.15) is 38.7 Å². The number of hydrogen-bond acceptors (Lipinski definition) is 3. The van der Waals surface area contributed by atoms with E-state index in [9.17, 15) is 0 Å². The van der Waals surface area contributed by atoms with Crippen molar-refractivity contribution >= 4 is 15.9 Å². The van der Waals surface area contributed by atoms with E-state index in [1.165, 1.54) is 5.56 Å². The van der Waals surface area contributed by atoms with Crippen molar-refractivity contribution < 1.29 is 9.47 Å².